The average Bonchev–Trinajstić information content (AvgIpc) is 3.04. The number of ether oxygens (including phenoxy) is 1. The van der Waals surface area contributed by atoms with Crippen molar-refractivity contribution in [3.63, 3.8) is 0 Å². The highest BCUT2D eigenvalue weighted by molar-refractivity contribution is 9.10. The molecule has 0 saturated heterocycles. The van der Waals surface area contributed by atoms with Crippen molar-refractivity contribution < 1.29 is 14.3 Å². The van der Waals surface area contributed by atoms with Gasteiger partial charge in [0.05, 0.1) is 24.4 Å². The van der Waals surface area contributed by atoms with Crippen LogP contribution >= 0.6 is 27.5 Å². The fourth-order valence-electron chi connectivity index (χ4n) is 4.72. The average molecular weight is 560 g/mol. The highest BCUT2D eigenvalue weighted by Crippen LogP contribution is 2.26. The van der Waals surface area contributed by atoms with Gasteiger partial charge in [0.15, 0.2) is 0 Å². The molecule has 2 amide bonds. The Hall–Kier alpha value is -3.04. The summed E-state index contributed by atoms with van der Waals surface area (Å²) in [6, 6.07) is 12.7. The number of hydrogen-bond acceptors (Lipinski definition) is 4. The lowest BCUT2D eigenvalue weighted by Gasteiger charge is -2.29. The van der Waals surface area contributed by atoms with Crippen LogP contribution < -0.4 is 10.4 Å². The predicted octanol–water partition coefficient (Wildman–Crippen LogP) is 3.78. The smallest absolute Gasteiger partial charge is 0.329 e. The van der Waals surface area contributed by atoms with E-state index in [-0.39, 0.29) is 24.0 Å². The summed E-state index contributed by atoms with van der Waals surface area (Å²) >= 11 is 9.53. The van der Waals surface area contributed by atoms with Crippen LogP contribution in [-0.4, -0.2) is 50.9 Å². The Labute approximate surface area is 215 Å². The van der Waals surface area contributed by atoms with E-state index in [0.29, 0.717) is 65.6 Å². The summed E-state index contributed by atoms with van der Waals surface area (Å²) in [5, 5.41) is 0.451. The fourth-order valence-corrected chi connectivity index (χ4v) is 5.14. The van der Waals surface area contributed by atoms with Gasteiger partial charge in [-0.3, -0.25) is 18.7 Å². The predicted molar refractivity (Wildman–Crippen MR) is 135 cm³/mol. The maximum atomic E-state index is 13.7. The molecule has 0 saturated carbocycles. The zero-order chi connectivity index (χ0) is 24.7. The molecule has 3 aromatic rings. The molecule has 1 aromatic heterocycles. The molecule has 8 nitrogen and oxygen atoms in total. The van der Waals surface area contributed by atoms with Crippen molar-refractivity contribution in [2.75, 3.05) is 20.2 Å². The Balaban J connectivity index is 1.44. The van der Waals surface area contributed by atoms with Gasteiger partial charge >= 0.3 is 5.69 Å². The third-order valence-corrected chi connectivity index (χ3v) is 7.78. The topological polar surface area (TPSA) is 76.8 Å². The summed E-state index contributed by atoms with van der Waals surface area (Å²) in [6.45, 7) is 2.36. The second-order valence-electron chi connectivity index (χ2n) is 8.67. The van der Waals surface area contributed by atoms with Crippen molar-refractivity contribution in [2.24, 2.45) is 0 Å². The monoisotopic (exact) mass is 558 g/mol. The molecule has 0 radical (unpaired) electrons. The molecule has 10 heteroatoms. The molecule has 2 aliphatic rings. The molecule has 0 spiro atoms. The molecule has 0 aliphatic carbocycles. The van der Waals surface area contributed by atoms with E-state index >= 15 is 0 Å². The maximum Gasteiger partial charge on any atom is 0.329 e. The van der Waals surface area contributed by atoms with Gasteiger partial charge in [-0.15, -0.1) is 0 Å². The Morgan fingerprint density at radius 3 is 2.51 bits per heavy atom. The fraction of sp³-hybridized carbons (Fsp3) is 0.320. The van der Waals surface area contributed by atoms with Crippen molar-refractivity contribution in [3.8, 4) is 5.75 Å². The van der Waals surface area contributed by atoms with Crippen LogP contribution in [0.3, 0.4) is 0 Å². The molecule has 35 heavy (non-hydrogen) atoms. The van der Waals surface area contributed by atoms with Crippen LogP contribution in [0.15, 0.2) is 51.7 Å². The zero-order valence-corrected chi connectivity index (χ0v) is 21.5. The second-order valence-corrected chi connectivity index (χ2v) is 9.93. The van der Waals surface area contributed by atoms with Gasteiger partial charge in [0.1, 0.15) is 11.4 Å². The minimum Gasteiger partial charge on any atom is -0.497 e. The van der Waals surface area contributed by atoms with Gasteiger partial charge in [-0.1, -0.05) is 23.7 Å². The minimum absolute atomic E-state index is 0.186. The lowest BCUT2D eigenvalue weighted by molar-refractivity contribution is 0.0691. The van der Waals surface area contributed by atoms with Gasteiger partial charge in [0, 0.05) is 42.8 Å². The Morgan fingerprint density at radius 1 is 1.03 bits per heavy atom. The molecule has 0 unspecified atom stereocenters. The molecule has 0 N–H and O–H groups in total. The largest absolute Gasteiger partial charge is 0.497 e. The molecule has 0 bridgehead atoms. The maximum absolute atomic E-state index is 13.7. The third-order valence-electron chi connectivity index (χ3n) is 6.55. The number of benzene rings is 2. The summed E-state index contributed by atoms with van der Waals surface area (Å²) in [5.41, 5.74) is 2.23. The number of amides is 2. The molecule has 0 fully saturated rings. The van der Waals surface area contributed by atoms with Crippen molar-refractivity contribution >= 4 is 39.3 Å². The van der Waals surface area contributed by atoms with E-state index in [1.54, 1.807) is 44.2 Å². The van der Waals surface area contributed by atoms with Crippen LogP contribution in [0.25, 0.3) is 0 Å². The highest BCUT2D eigenvalue weighted by Gasteiger charge is 2.34. The van der Waals surface area contributed by atoms with Crippen LogP contribution in [0.4, 0.5) is 0 Å². The number of carbonyl (C=O) groups is 2. The van der Waals surface area contributed by atoms with E-state index in [9.17, 15) is 14.4 Å². The van der Waals surface area contributed by atoms with Crippen LogP contribution in [0.2, 0.25) is 5.02 Å². The summed E-state index contributed by atoms with van der Waals surface area (Å²) in [4.78, 5) is 43.5. The van der Waals surface area contributed by atoms with Crippen LogP contribution in [0.1, 0.15) is 38.5 Å². The summed E-state index contributed by atoms with van der Waals surface area (Å²) < 4.78 is 9.15. The molecule has 2 aromatic carbocycles. The highest BCUT2D eigenvalue weighted by atomic mass is 79.9. The quantitative estimate of drug-likeness (QED) is 0.488. The van der Waals surface area contributed by atoms with Crippen molar-refractivity contribution in [1.29, 1.82) is 0 Å². The Bertz CT molecular complexity index is 1370. The van der Waals surface area contributed by atoms with E-state index in [1.165, 1.54) is 0 Å². The zero-order valence-electron chi connectivity index (χ0n) is 19.2. The summed E-state index contributed by atoms with van der Waals surface area (Å²) in [7, 11) is 1.61. The van der Waals surface area contributed by atoms with E-state index in [1.807, 2.05) is 24.3 Å². The molecular weight excluding hydrogens is 536 g/mol. The third kappa shape index (κ3) is 4.38. The Kier molecular flexibility index (Phi) is 6.46. The summed E-state index contributed by atoms with van der Waals surface area (Å²) in [5.74, 6) is 0.377. The van der Waals surface area contributed by atoms with Gasteiger partial charge in [0.25, 0.3) is 11.8 Å². The number of nitrogens with zero attached hydrogens (tertiary/aromatic N) is 4. The van der Waals surface area contributed by atoms with Crippen LogP contribution in [-0.2, 0) is 26.2 Å². The minimum atomic E-state index is -0.190. The van der Waals surface area contributed by atoms with Crippen LogP contribution in [0.5, 0.6) is 5.75 Å². The van der Waals surface area contributed by atoms with Crippen molar-refractivity contribution in [2.45, 2.75) is 32.6 Å². The molecular formula is C25H24BrClN4O4. The molecule has 5 rings (SSSR count). The molecule has 2 aliphatic heterocycles. The number of rotatable bonds is 4. The van der Waals surface area contributed by atoms with Gasteiger partial charge < -0.3 is 14.5 Å². The molecule has 0 atom stereocenters. The Morgan fingerprint density at radius 2 is 1.80 bits per heavy atom. The first kappa shape index (κ1) is 23.7. The van der Waals surface area contributed by atoms with Crippen molar-refractivity contribution in [1.82, 2.24) is 18.9 Å². The van der Waals surface area contributed by atoms with Gasteiger partial charge in [-0.2, -0.15) is 0 Å². The number of imidazole rings is 1. The first-order chi connectivity index (χ1) is 16.9. The number of carbonyl (C=O) groups excluding carboxylic acids is 2. The SMILES string of the molecule is COc1ccc(CN2CCCn3c(c4n(c3=O)CCN(C(=O)c3ccc(Br)c(Cl)c3)C4)C2=O)cc1. The standard InChI is InChI=1S/C25H24BrClN4O4/c1-35-18-6-3-16(4-7-18)14-28-9-2-10-31-22(24(28)33)21-15-29(11-12-30(21)25(31)34)23(32)17-5-8-19(26)20(27)13-17/h3-8,13H,2,9-12,14-15H2,1H3. The lowest BCUT2D eigenvalue weighted by Crippen LogP contribution is -2.41. The van der Waals surface area contributed by atoms with Gasteiger partial charge in [-0.05, 0) is 58.2 Å². The van der Waals surface area contributed by atoms with E-state index in [0.717, 1.165) is 11.3 Å². The normalized spacial score (nSPS) is 15.5. The molecule has 182 valence electrons. The number of aromatic nitrogens is 2. The summed E-state index contributed by atoms with van der Waals surface area (Å²) in [6.07, 6.45) is 0.679. The van der Waals surface area contributed by atoms with E-state index < -0.39 is 0 Å². The van der Waals surface area contributed by atoms with Crippen molar-refractivity contribution in [3.05, 3.63) is 85.0 Å². The van der Waals surface area contributed by atoms with Crippen LogP contribution in [0, 0.1) is 0 Å². The number of methoxy groups -OCH3 is 1. The van der Waals surface area contributed by atoms with E-state index in [2.05, 4.69) is 15.9 Å². The number of fused-ring (bicyclic) bond motifs is 3. The first-order valence-electron chi connectivity index (χ1n) is 11.4. The van der Waals surface area contributed by atoms with Gasteiger partial charge in [0.2, 0.25) is 0 Å². The van der Waals surface area contributed by atoms with Gasteiger partial charge in [-0.25, -0.2) is 4.79 Å². The number of hydrogen-bond donors (Lipinski definition) is 0. The molecule has 3 heterocycles. The lowest BCUT2D eigenvalue weighted by atomic mass is 10.1. The van der Waals surface area contributed by atoms with E-state index in [4.69, 9.17) is 16.3 Å². The second kappa shape index (κ2) is 9.54. The number of halogens is 2. The first-order valence-corrected chi connectivity index (χ1v) is 12.5.